The Hall–Kier alpha value is -1.66. The Labute approximate surface area is 171 Å². The number of anilines is 1. The molecule has 0 spiro atoms. The number of rotatable bonds is 5. The molecular formula is C22H28ClN3O2. The Morgan fingerprint density at radius 3 is 2.57 bits per heavy atom. The van der Waals surface area contributed by atoms with Crippen LogP contribution in [0, 0.1) is 0 Å². The van der Waals surface area contributed by atoms with Gasteiger partial charge in [0, 0.05) is 42.9 Å². The van der Waals surface area contributed by atoms with E-state index in [1.165, 1.54) is 5.56 Å². The Kier molecular flexibility index (Phi) is 6.47. The maximum absolute atomic E-state index is 9.62. The van der Waals surface area contributed by atoms with Crippen LogP contribution in [0.25, 0.3) is 0 Å². The third-order valence-corrected chi connectivity index (χ3v) is 6.15. The van der Waals surface area contributed by atoms with E-state index >= 15 is 0 Å². The zero-order valence-electron chi connectivity index (χ0n) is 16.1. The Morgan fingerprint density at radius 2 is 1.89 bits per heavy atom. The largest absolute Gasteiger partial charge is 0.394 e. The van der Waals surface area contributed by atoms with Crippen molar-refractivity contribution in [2.75, 3.05) is 37.7 Å². The molecule has 1 aromatic carbocycles. The third-order valence-electron chi connectivity index (χ3n) is 5.90. The van der Waals surface area contributed by atoms with Crippen molar-refractivity contribution < 1.29 is 9.84 Å². The second kappa shape index (κ2) is 9.23. The maximum atomic E-state index is 9.62. The highest BCUT2D eigenvalue weighted by molar-refractivity contribution is 6.30. The fourth-order valence-electron chi connectivity index (χ4n) is 4.37. The van der Waals surface area contributed by atoms with Gasteiger partial charge in [-0.15, -0.1) is 0 Å². The normalized spacial score (nSPS) is 24.4. The molecule has 150 valence electrons. The van der Waals surface area contributed by atoms with Crippen molar-refractivity contribution in [3.63, 3.8) is 0 Å². The molecule has 4 rings (SSSR count). The molecule has 2 fully saturated rings. The van der Waals surface area contributed by atoms with E-state index in [2.05, 4.69) is 33.0 Å². The van der Waals surface area contributed by atoms with Gasteiger partial charge in [0.15, 0.2) is 0 Å². The Balaban J connectivity index is 1.42. The number of benzene rings is 1. The summed E-state index contributed by atoms with van der Waals surface area (Å²) in [5.41, 5.74) is 1.27. The van der Waals surface area contributed by atoms with Crippen molar-refractivity contribution in [2.45, 2.75) is 37.5 Å². The molecule has 1 aromatic heterocycles. The van der Waals surface area contributed by atoms with E-state index in [0.29, 0.717) is 18.7 Å². The summed E-state index contributed by atoms with van der Waals surface area (Å²) >= 11 is 6.03. The first kappa shape index (κ1) is 19.6. The first-order valence-corrected chi connectivity index (χ1v) is 10.5. The molecule has 2 aliphatic heterocycles. The molecule has 2 atom stereocenters. The molecule has 0 saturated carbocycles. The molecule has 2 aliphatic rings. The molecule has 28 heavy (non-hydrogen) atoms. The van der Waals surface area contributed by atoms with E-state index in [1.54, 1.807) is 0 Å². The predicted octanol–water partition coefficient (Wildman–Crippen LogP) is 3.01. The summed E-state index contributed by atoms with van der Waals surface area (Å²) in [6.45, 7) is 3.56. The van der Waals surface area contributed by atoms with Gasteiger partial charge >= 0.3 is 0 Å². The van der Waals surface area contributed by atoms with Crippen molar-refractivity contribution >= 4 is 17.4 Å². The standard InChI is InChI=1S/C22H28ClN3O2/c23-18-6-4-17(5-7-18)13-20-16-28-21(15-27)14-26(20)19-8-11-25(12-9-19)22-3-1-2-10-24-22/h1-7,10,19-21,27H,8-9,11-16H2. The molecule has 2 aromatic rings. The molecular weight excluding hydrogens is 374 g/mol. The Morgan fingerprint density at radius 1 is 1.11 bits per heavy atom. The topological polar surface area (TPSA) is 48.8 Å². The molecule has 0 aliphatic carbocycles. The van der Waals surface area contributed by atoms with Crippen LogP contribution in [0.5, 0.6) is 0 Å². The van der Waals surface area contributed by atoms with Gasteiger partial charge in [0.1, 0.15) is 5.82 Å². The summed E-state index contributed by atoms with van der Waals surface area (Å²) in [6.07, 6.45) is 4.92. The van der Waals surface area contributed by atoms with E-state index in [9.17, 15) is 5.11 Å². The highest BCUT2D eigenvalue weighted by atomic mass is 35.5. The first-order chi connectivity index (χ1) is 13.7. The molecule has 2 unspecified atom stereocenters. The SMILES string of the molecule is OCC1CN(C2CCN(c3ccccn3)CC2)C(Cc2ccc(Cl)cc2)CO1. The van der Waals surface area contributed by atoms with Crippen molar-refractivity contribution in [3.05, 3.63) is 59.2 Å². The van der Waals surface area contributed by atoms with Gasteiger partial charge in [-0.3, -0.25) is 4.90 Å². The number of halogens is 1. The van der Waals surface area contributed by atoms with E-state index < -0.39 is 0 Å². The van der Waals surface area contributed by atoms with Crippen LogP contribution in [-0.2, 0) is 11.2 Å². The number of hydrogen-bond donors (Lipinski definition) is 1. The number of pyridine rings is 1. The van der Waals surface area contributed by atoms with Gasteiger partial charge in [0.05, 0.1) is 19.3 Å². The fraction of sp³-hybridized carbons (Fsp3) is 0.500. The number of piperidine rings is 1. The van der Waals surface area contributed by atoms with Gasteiger partial charge < -0.3 is 14.7 Å². The van der Waals surface area contributed by atoms with E-state index in [1.807, 2.05) is 30.5 Å². The van der Waals surface area contributed by atoms with Crippen LogP contribution < -0.4 is 4.90 Å². The van der Waals surface area contributed by atoms with Crippen molar-refractivity contribution in [3.8, 4) is 0 Å². The van der Waals surface area contributed by atoms with Crippen LogP contribution in [0.15, 0.2) is 48.7 Å². The van der Waals surface area contributed by atoms with Crippen LogP contribution >= 0.6 is 11.6 Å². The second-order valence-corrected chi connectivity index (χ2v) is 8.16. The summed E-state index contributed by atoms with van der Waals surface area (Å²) in [5.74, 6) is 1.06. The predicted molar refractivity (Wildman–Crippen MR) is 112 cm³/mol. The third kappa shape index (κ3) is 4.66. The van der Waals surface area contributed by atoms with E-state index in [-0.39, 0.29) is 12.7 Å². The lowest BCUT2D eigenvalue weighted by atomic mass is 9.96. The zero-order chi connectivity index (χ0) is 19.3. The number of hydrogen-bond acceptors (Lipinski definition) is 5. The zero-order valence-corrected chi connectivity index (χ0v) is 16.8. The van der Waals surface area contributed by atoms with Crippen LogP contribution in [0.1, 0.15) is 18.4 Å². The molecule has 3 heterocycles. The first-order valence-electron chi connectivity index (χ1n) is 10.1. The minimum absolute atomic E-state index is 0.0803. The molecule has 1 N–H and O–H groups in total. The van der Waals surface area contributed by atoms with Gasteiger partial charge in [-0.2, -0.15) is 0 Å². The lowest BCUT2D eigenvalue weighted by molar-refractivity contribution is -0.0979. The Bertz CT molecular complexity index is 735. The second-order valence-electron chi connectivity index (χ2n) is 7.73. The molecule has 0 radical (unpaired) electrons. The van der Waals surface area contributed by atoms with Crippen LogP contribution in [-0.4, -0.2) is 66.0 Å². The highest BCUT2D eigenvalue weighted by Crippen LogP contribution is 2.26. The summed E-state index contributed by atoms with van der Waals surface area (Å²) < 4.78 is 5.91. The average molecular weight is 402 g/mol. The molecule has 0 bridgehead atoms. The van der Waals surface area contributed by atoms with Gasteiger partial charge in [-0.1, -0.05) is 29.8 Å². The minimum Gasteiger partial charge on any atom is -0.394 e. The van der Waals surface area contributed by atoms with Crippen LogP contribution in [0.4, 0.5) is 5.82 Å². The number of aliphatic hydroxyl groups is 1. The van der Waals surface area contributed by atoms with Crippen LogP contribution in [0.2, 0.25) is 5.02 Å². The van der Waals surface area contributed by atoms with Crippen LogP contribution in [0.3, 0.4) is 0 Å². The number of ether oxygens (including phenoxy) is 1. The number of aliphatic hydroxyl groups excluding tert-OH is 1. The number of aromatic nitrogens is 1. The average Bonchev–Trinajstić information content (AvgIpc) is 2.76. The minimum atomic E-state index is -0.0877. The lowest BCUT2D eigenvalue weighted by Crippen LogP contribution is -2.57. The fourth-order valence-corrected chi connectivity index (χ4v) is 4.50. The molecule has 5 nitrogen and oxygen atoms in total. The monoisotopic (exact) mass is 401 g/mol. The lowest BCUT2D eigenvalue weighted by Gasteiger charge is -2.46. The smallest absolute Gasteiger partial charge is 0.128 e. The quantitative estimate of drug-likeness (QED) is 0.834. The van der Waals surface area contributed by atoms with E-state index in [0.717, 1.165) is 49.7 Å². The van der Waals surface area contributed by atoms with Gasteiger partial charge in [0.2, 0.25) is 0 Å². The number of morpholine rings is 1. The molecule has 6 heteroatoms. The van der Waals surface area contributed by atoms with Crippen molar-refractivity contribution in [2.24, 2.45) is 0 Å². The number of nitrogens with zero attached hydrogens (tertiary/aromatic N) is 3. The summed E-state index contributed by atoms with van der Waals surface area (Å²) in [4.78, 5) is 9.44. The van der Waals surface area contributed by atoms with Crippen molar-refractivity contribution in [1.82, 2.24) is 9.88 Å². The maximum Gasteiger partial charge on any atom is 0.128 e. The van der Waals surface area contributed by atoms with Gasteiger partial charge in [-0.05, 0) is 49.1 Å². The van der Waals surface area contributed by atoms with Gasteiger partial charge in [-0.25, -0.2) is 4.98 Å². The highest BCUT2D eigenvalue weighted by Gasteiger charge is 2.35. The van der Waals surface area contributed by atoms with Gasteiger partial charge in [0.25, 0.3) is 0 Å². The molecule has 2 saturated heterocycles. The summed E-state index contributed by atoms with van der Waals surface area (Å²) in [5, 5.41) is 10.4. The van der Waals surface area contributed by atoms with Crippen molar-refractivity contribution in [1.29, 1.82) is 0 Å². The molecule has 0 amide bonds. The van der Waals surface area contributed by atoms with E-state index in [4.69, 9.17) is 16.3 Å². The summed E-state index contributed by atoms with van der Waals surface area (Å²) in [6, 6.07) is 15.0. The summed E-state index contributed by atoms with van der Waals surface area (Å²) in [7, 11) is 0.